The first kappa shape index (κ1) is 17.1. The van der Waals surface area contributed by atoms with Crippen molar-refractivity contribution in [3.05, 3.63) is 18.2 Å². The quantitative estimate of drug-likeness (QED) is 0.840. The number of piperidine rings is 1. The molecule has 0 saturated carbocycles. The Hall–Kier alpha value is -1.69. The Morgan fingerprint density at radius 1 is 1.38 bits per heavy atom. The summed E-state index contributed by atoms with van der Waals surface area (Å²) in [6.07, 6.45) is 1.21. The van der Waals surface area contributed by atoms with Crippen molar-refractivity contribution in [3.63, 3.8) is 0 Å². The molecule has 1 N–H and O–H groups in total. The number of hydrogen-bond donors (Lipinski definition) is 1. The van der Waals surface area contributed by atoms with E-state index in [0.29, 0.717) is 24.2 Å². The van der Waals surface area contributed by atoms with Gasteiger partial charge >= 0.3 is 0 Å². The van der Waals surface area contributed by atoms with Gasteiger partial charge < -0.3 is 14.6 Å². The zero-order valence-electron chi connectivity index (χ0n) is 14.5. The van der Waals surface area contributed by atoms with Crippen LogP contribution in [0.2, 0.25) is 0 Å². The smallest absolute Gasteiger partial charge is 0.233 e. The molecule has 1 aliphatic heterocycles. The van der Waals surface area contributed by atoms with Crippen molar-refractivity contribution in [1.82, 2.24) is 14.9 Å². The summed E-state index contributed by atoms with van der Waals surface area (Å²) in [4.78, 5) is 22.3. The van der Waals surface area contributed by atoms with Crippen LogP contribution in [0.25, 0.3) is 11.0 Å². The fourth-order valence-corrected chi connectivity index (χ4v) is 4.17. The molecule has 0 spiro atoms. The lowest BCUT2D eigenvalue weighted by Crippen LogP contribution is -2.43. The number of nitrogens with one attached hydrogen (secondary N) is 1. The first-order valence-corrected chi connectivity index (χ1v) is 9.56. The van der Waals surface area contributed by atoms with Gasteiger partial charge in [-0.3, -0.25) is 4.79 Å². The van der Waals surface area contributed by atoms with Gasteiger partial charge in [0.15, 0.2) is 5.16 Å². The molecule has 1 amide bonds. The summed E-state index contributed by atoms with van der Waals surface area (Å²) in [6.45, 7) is 8.80. The van der Waals surface area contributed by atoms with E-state index in [1.807, 2.05) is 30.0 Å². The average Bonchev–Trinajstić information content (AvgIpc) is 2.94. The predicted molar refractivity (Wildman–Crippen MR) is 97.5 cm³/mol. The molecule has 5 nitrogen and oxygen atoms in total. The highest BCUT2D eigenvalue weighted by atomic mass is 32.2. The number of carbonyl (C=O) groups is 1. The van der Waals surface area contributed by atoms with Crippen molar-refractivity contribution < 1.29 is 9.53 Å². The van der Waals surface area contributed by atoms with Crippen LogP contribution < -0.4 is 4.74 Å². The minimum atomic E-state index is 0.203. The highest BCUT2D eigenvalue weighted by Crippen LogP contribution is 2.25. The van der Waals surface area contributed by atoms with Crippen LogP contribution in [0.5, 0.6) is 5.75 Å². The van der Waals surface area contributed by atoms with E-state index >= 15 is 0 Å². The molecule has 1 aromatic carbocycles. The molecule has 130 valence electrons. The van der Waals surface area contributed by atoms with Crippen LogP contribution in [-0.2, 0) is 4.79 Å². The third-order valence-electron chi connectivity index (χ3n) is 4.30. The van der Waals surface area contributed by atoms with Crippen molar-refractivity contribution in [2.45, 2.75) is 32.3 Å². The minimum absolute atomic E-state index is 0.203. The van der Waals surface area contributed by atoms with Gasteiger partial charge in [-0.25, -0.2) is 4.98 Å². The van der Waals surface area contributed by atoms with Crippen molar-refractivity contribution >= 4 is 28.7 Å². The molecule has 0 radical (unpaired) electrons. The molecular formula is C18H25N3O2S. The van der Waals surface area contributed by atoms with E-state index in [2.05, 4.69) is 23.8 Å². The van der Waals surface area contributed by atoms with Gasteiger partial charge in [0.05, 0.1) is 23.4 Å². The number of H-pyrrole nitrogens is 1. The molecule has 6 heteroatoms. The summed E-state index contributed by atoms with van der Waals surface area (Å²) >= 11 is 1.47. The van der Waals surface area contributed by atoms with Crippen molar-refractivity contribution in [2.24, 2.45) is 11.8 Å². The van der Waals surface area contributed by atoms with Gasteiger partial charge in [-0.15, -0.1) is 0 Å². The summed E-state index contributed by atoms with van der Waals surface area (Å²) in [5.41, 5.74) is 1.84. The van der Waals surface area contributed by atoms with Crippen LogP contribution in [0, 0.1) is 11.8 Å². The molecule has 0 aliphatic carbocycles. The molecule has 2 atom stereocenters. The number of rotatable bonds is 5. The second kappa shape index (κ2) is 7.47. The van der Waals surface area contributed by atoms with Crippen LogP contribution in [0.3, 0.4) is 0 Å². The van der Waals surface area contributed by atoms with Crippen LogP contribution in [0.15, 0.2) is 23.4 Å². The van der Waals surface area contributed by atoms with E-state index in [1.54, 1.807) is 0 Å². The lowest BCUT2D eigenvalue weighted by molar-refractivity contribution is -0.130. The SMILES string of the molecule is CCOc1ccc2nc(SCC(=O)N3C[C@@H](C)C[C@H](C)C3)[nH]c2c1. The van der Waals surface area contributed by atoms with Gasteiger partial charge in [0.25, 0.3) is 0 Å². The van der Waals surface area contributed by atoms with Gasteiger partial charge in [-0.05, 0) is 37.3 Å². The molecular weight excluding hydrogens is 322 g/mol. The number of fused-ring (bicyclic) bond motifs is 1. The summed E-state index contributed by atoms with van der Waals surface area (Å²) < 4.78 is 5.51. The summed E-state index contributed by atoms with van der Waals surface area (Å²) in [5.74, 6) is 2.64. The van der Waals surface area contributed by atoms with Gasteiger partial charge in [-0.2, -0.15) is 0 Å². The number of hydrogen-bond acceptors (Lipinski definition) is 4. The molecule has 0 unspecified atom stereocenters. The maximum absolute atomic E-state index is 12.5. The Balaban J connectivity index is 1.61. The van der Waals surface area contributed by atoms with Crippen LogP contribution in [0.4, 0.5) is 0 Å². The van der Waals surface area contributed by atoms with Crippen molar-refractivity contribution in [2.75, 3.05) is 25.4 Å². The Morgan fingerprint density at radius 3 is 2.83 bits per heavy atom. The highest BCUT2D eigenvalue weighted by molar-refractivity contribution is 7.99. The third kappa shape index (κ3) is 4.04. The third-order valence-corrected chi connectivity index (χ3v) is 5.15. The maximum atomic E-state index is 12.5. The van der Waals surface area contributed by atoms with Crippen LogP contribution >= 0.6 is 11.8 Å². The highest BCUT2D eigenvalue weighted by Gasteiger charge is 2.25. The monoisotopic (exact) mass is 347 g/mol. The first-order chi connectivity index (χ1) is 11.5. The van der Waals surface area contributed by atoms with Crippen LogP contribution in [0.1, 0.15) is 27.2 Å². The molecule has 1 fully saturated rings. The first-order valence-electron chi connectivity index (χ1n) is 8.58. The molecule has 1 aliphatic rings. The molecule has 1 saturated heterocycles. The van der Waals surface area contributed by atoms with E-state index in [0.717, 1.165) is 35.0 Å². The molecule has 2 aromatic rings. The van der Waals surface area contributed by atoms with E-state index in [9.17, 15) is 4.79 Å². The number of nitrogens with zero attached hydrogens (tertiary/aromatic N) is 2. The van der Waals surface area contributed by atoms with Gasteiger partial charge in [0.2, 0.25) is 5.91 Å². The standard InChI is InChI=1S/C18H25N3O2S/c1-4-23-14-5-6-15-16(8-14)20-18(19-15)24-11-17(22)21-9-12(2)7-13(3)10-21/h5-6,8,12-13H,4,7,9-11H2,1-3H3,(H,19,20)/t12-,13-/m0/s1. The fourth-order valence-electron chi connectivity index (χ4n) is 3.38. The molecule has 1 aromatic heterocycles. The number of imidazole rings is 1. The lowest BCUT2D eigenvalue weighted by Gasteiger charge is -2.34. The second-order valence-electron chi connectivity index (χ2n) is 6.69. The zero-order chi connectivity index (χ0) is 17.1. The second-order valence-corrected chi connectivity index (χ2v) is 7.65. The topological polar surface area (TPSA) is 58.2 Å². The Bertz CT molecular complexity index is 705. The number of ether oxygens (including phenoxy) is 1. The molecule has 2 heterocycles. The fraction of sp³-hybridized carbons (Fsp3) is 0.556. The van der Waals surface area contributed by atoms with E-state index in [-0.39, 0.29) is 5.91 Å². The lowest BCUT2D eigenvalue weighted by atomic mass is 9.92. The van der Waals surface area contributed by atoms with E-state index < -0.39 is 0 Å². The normalized spacial score (nSPS) is 21.2. The van der Waals surface area contributed by atoms with Crippen molar-refractivity contribution in [1.29, 1.82) is 0 Å². The Labute approximate surface area is 147 Å². The largest absolute Gasteiger partial charge is 0.494 e. The number of benzene rings is 1. The van der Waals surface area contributed by atoms with Crippen LogP contribution in [-0.4, -0.2) is 46.2 Å². The molecule has 3 rings (SSSR count). The van der Waals surface area contributed by atoms with Gasteiger partial charge in [-0.1, -0.05) is 25.6 Å². The maximum Gasteiger partial charge on any atom is 0.233 e. The summed E-state index contributed by atoms with van der Waals surface area (Å²) in [6, 6.07) is 5.81. The Morgan fingerprint density at radius 2 is 2.12 bits per heavy atom. The molecule has 0 bridgehead atoms. The van der Waals surface area contributed by atoms with E-state index in [4.69, 9.17) is 4.74 Å². The van der Waals surface area contributed by atoms with E-state index in [1.165, 1.54) is 18.2 Å². The van der Waals surface area contributed by atoms with Gasteiger partial charge in [0, 0.05) is 19.2 Å². The predicted octanol–water partition coefficient (Wildman–Crippen LogP) is 3.56. The average molecular weight is 347 g/mol. The summed E-state index contributed by atoms with van der Waals surface area (Å²) in [5, 5.41) is 0.783. The number of likely N-dealkylation sites (tertiary alicyclic amines) is 1. The number of carbonyl (C=O) groups excluding carboxylic acids is 1. The minimum Gasteiger partial charge on any atom is -0.494 e. The zero-order valence-corrected chi connectivity index (χ0v) is 15.4. The van der Waals surface area contributed by atoms with Gasteiger partial charge in [0.1, 0.15) is 5.75 Å². The molecule has 24 heavy (non-hydrogen) atoms. The number of aromatic nitrogens is 2. The number of thioether (sulfide) groups is 1. The number of amides is 1. The summed E-state index contributed by atoms with van der Waals surface area (Å²) in [7, 11) is 0. The Kier molecular flexibility index (Phi) is 5.33. The number of aromatic amines is 1. The van der Waals surface area contributed by atoms with Crippen molar-refractivity contribution in [3.8, 4) is 5.75 Å².